The fourth-order valence-electron chi connectivity index (χ4n) is 5.13. The van der Waals surface area contributed by atoms with Crippen LogP contribution in [0.5, 0.6) is 0 Å². The summed E-state index contributed by atoms with van der Waals surface area (Å²) in [4.78, 5) is 27.9. The number of hydrogen-bond donors (Lipinski definition) is 1. The zero-order valence-corrected chi connectivity index (χ0v) is 17.8. The number of piperidine rings is 1. The van der Waals surface area contributed by atoms with Crippen molar-refractivity contribution >= 4 is 22.5 Å². The number of carbonyl (C=O) groups excluding carboxylic acids is 1. The number of nitrogens with zero attached hydrogens (tertiary/aromatic N) is 4. The van der Waals surface area contributed by atoms with Crippen LogP contribution < -0.4 is 10.8 Å². The maximum Gasteiger partial charge on any atom is 0.275 e. The highest BCUT2D eigenvalue weighted by molar-refractivity contribution is 5.98. The first kappa shape index (κ1) is 20.7. The van der Waals surface area contributed by atoms with Crippen molar-refractivity contribution in [1.82, 2.24) is 14.0 Å². The summed E-state index contributed by atoms with van der Waals surface area (Å²) in [6.07, 6.45) is 2.89. The Hall–Kier alpha value is -3.14. The van der Waals surface area contributed by atoms with Gasteiger partial charge in [0.25, 0.3) is 11.5 Å². The van der Waals surface area contributed by atoms with Crippen molar-refractivity contribution in [2.75, 3.05) is 32.0 Å². The second kappa shape index (κ2) is 8.09. The van der Waals surface area contributed by atoms with E-state index in [0.717, 1.165) is 23.0 Å². The zero-order chi connectivity index (χ0) is 22.4. The lowest BCUT2D eigenvalue weighted by Crippen LogP contribution is -2.49. The Morgan fingerprint density at radius 3 is 2.84 bits per heavy atom. The molecule has 1 amide bonds. The Morgan fingerprint density at radius 1 is 1.22 bits per heavy atom. The fourth-order valence-corrected chi connectivity index (χ4v) is 5.13. The molecule has 1 aromatic carbocycles. The van der Waals surface area contributed by atoms with Crippen LogP contribution in [-0.2, 0) is 17.8 Å². The third-order valence-corrected chi connectivity index (χ3v) is 6.63. The van der Waals surface area contributed by atoms with Gasteiger partial charge in [0.15, 0.2) is 0 Å². The number of methoxy groups -OCH3 is 1. The van der Waals surface area contributed by atoms with Crippen molar-refractivity contribution in [2.45, 2.75) is 25.4 Å². The van der Waals surface area contributed by atoms with E-state index in [-0.39, 0.29) is 28.7 Å². The molecule has 1 saturated heterocycles. The van der Waals surface area contributed by atoms with Gasteiger partial charge in [0.05, 0.1) is 6.61 Å². The van der Waals surface area contributed by atoms with Crippen LogP contribution in [0.1, 0.15) is 28.4 Å². The minimum Gasteiger partial charge on any atom is -0.733 e. The molecule has 2 aliphatic heterocycles. The van der Waals surface area contributed by atoms with Gasteiger partial charge < -0.3 is 29.2 Å². The average Bonchev–Trinajstić information content (AvgIpc) is 3.19. The first-order chi connectivity index (χ1) is 15.5. The van der Waals surface area contributed by atoms with E-state index in [9.17, 15) is 20.0 Å². The monoisotopic (exact) mass is 437 g/mol. The standard InChI is InChI=1S/C23H25N4O5/c1-32-9-8-24-7-6-16-2-3-17(11-21(16)24)22(28)25-12-15-10-18(14-25)19-4-5-20(27(30)31)23(29)26(19)13-15/h2-7,11,15,18,30H,8-10,12-14H2,1H3/q-1. The number of ether oxygens (including phenoxy) is 1. The Kier molecular flexibility index (Phi) is 5.24. The first-order valence-corrected chi connectivity index (χ1v) is 10.7. The first-order valence-electron chi connectivity index (χ1n) is 10.7. The van der Waals surface area contributed by atoms with Crippen LogP contribution in [0.3, 0.4) is 0 Å². The molecule has 9 heteroatoms. The predicted molar refractivity (Wildman–Crippen MR) is 119 cm³/mol. The Balaban J connectivity index is 1.41. The molecule has 168 valence electrons. The van der Waals surface area contributed by atoms with E-state index in [1.807, 2.05) is 35.4 Å². The summed E-state index contributed by atoms with van der Waals surface area (Å²) in [7, 11) is 1.67. The highest BCUT2D eigenvalue weighted by Gasteiger charge is 2.37. The van der Waals surface area contributed by atoms with Gasteiger partial charge >= 0.3 is 0 Å². The Bertz CT molecular complexity index is 1230. The quantitative estimate of drug-likeness (QED) is 0.615. The molecule has 32 heavy (non-hydrogen) atoms. The number of fused-ring (bicyclic) bond motifs is 5. The van der Waals surface area contributed by atoms with Gasteiger partial charge in [-0.1, -0.05) is 6.07 Å². The van der Waals surface area contributed by atoms with E-state index in [0.29, 0.717) is 38.3 Å². The van der Waals surface area contributed by atoms with Crippen molar-refractivity contribution in [2.24, 2.45) is 5.92 Å². The maximum absolute atomic E-state index is 13.4. The summed E-state index contributed by atoms with van der Waals surface area (Å²) in [5, 5.41) is 21.1. The number of pyridine rings is 1. The highest BCUT2D eigenvalue weighted by atomic mass is 16.8. The van der Waals surface area contributed by atoms with Crippen molar-refractivity contribution in [1.29, 1.82) is 0 Å². The lowest BCUT2D eigenvalue weighted by atomic mass is 9.83. The van der Waals surface area contributed by atoms with Crippen LogP contribution in [0.25, 0.3) is 10.9 Å². The van der Waals surface area contributed by atoms with Crippen LogP contribution in [0, 0.1) is 11.1 Å². The molecule has 9 nitrogen and oxygen atoms in total. The average molecular weight is 437 g/mol. The molecule has 2 aromatic heterocycles. The summed E-state index contributed by atoms with van der Waals surface area (Å²) < 4.78 is 8.84. The van der Waals surface area contributed by atoms with Gasteiger partial charge in [0.2, 0.25) is 0 Å². The fraction of sp³-hybridized carbons (Fsp3) is 0.391. The number of amides is 1. The molecule has 3 aromatic rings. The topological polar surface area (TPSA) is 103 Å². The summed E-state index contributed by atoms with van der Waals surface area (Å²) in [6.45, 7) is 2.80. The molecule has 0 saturated carbocycles. The van der Waals surface area contributed by atoms with Gasteiger partial charge in [-0.25, -0.2) is 0 Å². The summed E-state index contributed by atoms with van der Waals surface area (Å²) in [5.41, 5.74) is 1.67. The SMILES string of the molecule is COCCn1ccc2ccc(C(=O)N3CC4CC(C3)c3ccc(N([O-])O)c(=O)n3C4)cc21. The molecule has 0 spiro atoms. The molecular formula is C23H25N4O5-. The molecular weight excluding hydrogens is 412 g/mol. The van der Waals surface area contributed by atoms with Crippen LogP contribution >= 0.6 is 0 Å². The van der Waals surface area contributed by atoms with E-state index < -0.39 is 5.56 Å². The lowest BCUT2D eigenvalue weighted by molar-refractivity contribution is 0.0594. The van der Waals surface area contributed by atoms with E-state index in [4.69, 9.17) is 4.74 Å². The molecule has 2 bridgehead atoms. The number of anilines is 1. The van der Waals surface area contributed by atoms with E-state index >= 15 is 0 Å². The minimum absolute atomic E-state index is 0.0151. The molecule has 2 unspecified atom stereocenters. The van der Waals surface area contributed by atoms with Crippen LogP contribution in [0.15, 0.2) is 47.4 Å². The molecule has 0 radical (unpaired) electrons. The molecule has 0 aliphatic carbocycles. The molecule has 1 N–H and O–H groups in total. The molecule has 1 fully saturated rings. The molecule has 4 heterocycles. The van der Waals surface area contributed by atoms with E-state index in [1.54, 1.807) is 17.7 Å². The van der Waals surface area contributed by atoms with Gasteiger partial charge in [0, 0.05) is 62.2 Å². The van der Waals surface area contributed by atoms with Gasteiger partial charge in [-0.15, -0.1) is 0 Å². The number of aromatic nitrogens is 2. The second-order valence-corrected chi connectivity index (χ2v) is 8.62. The summed E-state index contributed by atoms with van der Waals surface area (Å²) in [6, 6.07) is 10.9. The lowest BCUT2D eigenvalue weighted by Gasteiger charge is -2.43. The number of hydrogen-bond acceptors (Lipinski definition) is 6. The van der Waals surface area contributed by atoms with Gasteiger partial charge in [-0.05, 0) is 48.1 Å². The predicted octanol–water partition coefficient (Wildman–Crippen LogP) is 2.40. The molecule has 5 rings (SSSR count). The van der Waals surface area contributed by atoms with Crippen molar-refractivity contribution in [3.8, 4) is 0 Å². The smallest absolute Gasteiger partial charge is 0.275 e. The van der Waals surface area contributed by atoms with Gasteiger partial charge in [-0.2, -0.15) is 0 Å². The molecule has 2 atom stereocenters. The van der Waals surface area contributed by atoms with Crippen LogP contribution in [0.2, 0.25) is 0 Å². The van der Waals surface area contributed by atoms with Crippen molar-refractivity contribution < 1.29 is 14.7 Å². The van der Waals surface area contributed by atoms with Crippen molar-refractivity contribution in [3.05, 3.63) is 69.4 Å². The van der Waals surface area contributed by atoms with E-state index in [2.05, 4.69) is 4.57 Å². The number of likely N-dealkylation sites (tertiary alicyclic amines) is 1. The number of carbonyl (C=O) groups is 1. The zero-order valence-electron chi connectivity index (χ0n) is 17.8. The van der Waals surface area contributed by atoms with Crippen LogP contribution in [0.4, 0.5) is 5.69 Å². The van der Waals surface area contributed by atoms with E-state index in [1.165, 1.54) is 6.07 Å². The van der Waals surface area contributed by atoms with Gasteiger partial charge in [0.1, 0.15) is 5.69 Å². The van der Waals surface area contributed by atoms with Crippen molar-refractivity contribution in [3.63, 3.8) is 0 Å². The number of benzene rings is 1. The highest BCUT2D eigenvalue weighted by Crippen LogP contribution is 2.36. The third-order valence-electron chi connectivity index (χ3n) is 6.63. The Labute approximate surface area is 184 Å². The summed E-state index contributed by atoms with van der Waals surface area (Å²) >= 11 is 0. The Morgan fingerprint density at radius 2 is 2.06 bits per heavy atom. The largest absolute Gasteiger partial charge is 0.733 e. The maximum atomic E-state index is 13.4. The summed E-state index contributed by atoms with van der Waals surface area (Å²) in [5.74, 6) is 0.113. The van der Waals surface area contributed by atoms with Crippen LogP contribution in [-0.4, -0.2) is 52.0 Å². The minimum atomic E-state index is -0.489. The number of rotatable bonds is 5. The van der Waals surface area contributed by atoms with Gasteiger partial charge in [-0.3, -0.25) is 14.8 Å². The normalized spacial score (nSPS) is 19.8. The molecule has 2 aliphatic rings. The second-order valence-electron chi connectivity index (χ2n) is 8.62. The third kappa shape index (κ3) is 3.48.